The van der Waals surface area contributed by atoms with E-state index in [0.717, 1.165) is 49.8 Å². The van der Waals surface area contributed by atoms with Crippen LogP contribution in [0.25, 0.3) is 0 Å². The summed E-state index contributed by atoms with van der Waals surface area (Å²) in [6.45, 7) is 2.73. The second kappa shape index (κ2) is 7.33. The molecule has 0 bridgehead atoms. The molecular weight excluding hydrogens is 282 g/mol. The Morgan fingerprint density at radius 3 is 3.14 bits per heavy atom. The van der Waals surface area contributed by atoms with E-state index in [4.69, 9.17) is 9.47 Å². The maximum absolute atomic E-state index is 5.46. The molecule has 22 heavy (non-hydrogen) atoms. The SMILES string of the molecule is COCc1nc(NCCc2cnc[nH]2)cc([C@H]2CCOC2)n1. The van der Waals surface area contributed by atoms with Crippen molar-refractivity contribution in [3.63, 3.8) is 0 Å². The first kappa shape index (κ1) is 14.9. The summed E-state index contributed by atoms with van der Waals surface area (Å²) in [4.78, 5) is 16.2. The van der Waals surface area contributed by atoms with Gasteiger partial charge in [0.1, 0.15) is 12.4 Å². The predicted octanol–water partition coefficient (Wildman–Crippen LogP) is 1.50. The molecule has 0 unspecified atom stereocenters. The zero-order valence-corrected chi connectivity index (χ0v) is 12.7. The summed E-state index contributed by atoms with van der Waals surface area (Å²) in [5.41, 5.74) is 2.13. The number of imidazole rings is 1. The summed E-state index contributed by atoms with van der Waals surface area (Å²) < 4.78 is 10.6. The predicted molar refractivity (Wildman–Crippen MR) is 81.7 cm³/mol. The fourth-order valence-corrected chi connectivity index (χ4v) is 2.53. The average molecular weight is 303 g/mol. The molecular formula is C15H21N5O2. The largest absolute Gasteiger partial charge is 0.381 e. The van der Waals surface area contributed by atoms with E-state index in [2.05, 4.69) is 25.3 Å². The van der Waals surface area contributed by atoms with Gasteiger partial charge < -0.3 is 19.8 Å². The van der Waals surface area contributed by atoms with Gasteiger partial charge in [0.15, 0.2) is 5.82 Å². The maximum Gasteiger partial charge on any atom is 0.156 e. The van der Waals surface area contributed by atoms with E-state index < -0.39 is 0 Å². The molecule has 1 aliphatic heterocycles. The molecule has 3 heterocycles. The molecule has 0 saturated carbocycles. The molecule has 1 saturated heterocycles. The zero-order valence-electron chi connectivity index (χ0n) is 12.7. The second-order valence-electron chi connectivity index (χ2n) is 5.34. The third-order valence-corrected chi connectivity index (χ3v) is 3.67. The van der Waals surface area contributed by atoms with Gasteiger partial charge in [-0.3, -0.25) is 0 Å². The molecule has 2 aromatic rings. The van der Waals surface area contributed by atoms with Crippen LogP contribution in [0.4, 0.5) is 5.82 Å². The highest BCUT2D eigenvalue weighted by atomic mass is 16.5. The van der Waals surface area contributed by atoms with Crippen LogP contribution in [0.2, 0.25) is 0 Å². The monoisotopic (exact) mass is 303 g/mol. The van der Waals surface area contributed by atoms with Crippen LogP contribution in [-0.2, 0) is 22.5 Å². The first-order valence-electron chi connectivity index (χ1n) is 7.51. The first-order valence-corrected chi connectivity index (χ1v) is 7.51. The van der Waals surface area contributed by atoms with Crippen LogP contribution in [0, 0.1) is 0 Å². The van der Waals surface area contributed by atoms with Crippen molar-refractivity contribution < 1.29 is 9.47 Å². The van der Waals surface area contributed by atoms with Crippen LogP contribution in [0.3, 0.4) is 0 Å². The van der Waals surface area contributed by atoms with Gasteiger partial charge in [0.05, 0.1) is 18.6 Å². The number of anilines is 1. The number of aromatic amines is 1. The van der Waals surface area contributed by atoms with E-state index in [1.807, 2.05) is 12.3 Å². The van der Waals surface area contributed by atoms with Crippen molar-refractivity contribution in [1.29, 1.82) is 0 Å². The molecule has 1 aliphatic rings. The third kappa shape index (κ3) is 3.80. The van der Waals surface area contributed by atoms with Crippen molar-refractivity contribution in [1.82, 2.24) is 19.9 Å². The zero-order chi connectivity index (χ0) is 15.2. The van der Waals surface area contributed by atoms with E-state index in [0.29, 0.717) is 18.3 Å². The average Bonchev–Trinajstić information content (AvgIpc) is 3.21. The van der Waals surface area contributed by atoms with Gasteiger partial charge in [-0.25, -0.2) is 15.0 Å². The van der Waals surface area contributed by atoms with Crippen LogP contribution >= 0.6 is 0 Å². The molecule has 0 radical (unpaired) electrons. The van der Waals surface area contributed by atoms with Crippen molar-refractivity contribution in [2.45, 2.75) is 25.4 Å². The van der Waals surface area contributed by atoms with Crippen molar-refractivity contribution in [2.75, 3.05) is 32.2 Å². The molecule has 2 aromatic heterocycles. The Kier molecular flexibility index (Phi) is 4.97. The van der Waals surface area contributed by atoms with E-state index >= 15 is 0 Å². The lowest BCUT2D eigenvalue weighted by Gasteiger charge is -2.12. The Morgan fingerprint density at radius 1 is 1.45 bits per heavy atom. The molecule has 7 nitrogen and oxygen atoms in total. The van der Waals surface area contributed by atoms with Gasteiger partial charge in [-0.1, -0.05) is 0 Å². The Morgan fingerprint density at radius 2 is 2.41 bits per heavy atom. The molecule has 0 amide bonds. The number of nitrogens with zero attached hydrogens (tertiary/aromatic N) is 3. The van der Waals surface area contributed by atoms with Crippen molar-refractivity contribution in [2.24, 2.45) is 0 Å². The summed E-state index contributed by atoms with van der Waals surface area (Å²) in [6.07, 6.45) is 5.40. The number of hydrogen-bond acceptors (Lipinski definition) is 6. The van der Waals surface area contributed by atoms with Crippen LogP contribution in [0.1, 0.15) is 29.6 Å². The van der Waals surface area contributed by atoms with E-state index in [-0.39, 0.29) is 0 Å². The fraction of sp³-hybridized carbons (Fsp3) is 0.533. The minimum Gasteiger partial charge on any atom is -0.381 e. The minimum atomic E-state index is 0.353. The highest BCUT2D eigenvalue weighted by Crippen LogP contribution is 2.25. The van der Waals surface area contributed by atoms with Crippen LogP contribution < -0.4 is 5.32 Å². The molecule has 7 heteroatoms. The smallest absolute Gasteiger partial charge is 0.156 e. The molecule has 3 rings (SSSR count). The van der Waals surface area contributed by atoms with Gasteiger partial charge >= 0.3 is 0 Å². The fourth-order valence-electron chi connectivity index (χ4n) is 2.53. The molecule has 2 N–H and O–H groups in total. The van der Waals surface area contributed by atoms with Crippen molar-refractivity contribution in [3.8, 4) is 0 Å². The van der Waals surface area contributed by atoms with Crippen LogP contribution in [-0.4, -0.2) is 46.8 Å². The molecule has 0 aromatic carbocycles. The summed E-state index contributed by atoms with van der Waals surface area (Å²) >= 11 is 0. The molecule has 0 aliphatic carbocycles. The van der Waals surface area contributed by atoms with Gasteiger partial charge in [0.25, 0.3) is 0 Å². The highest BCUT2D eigenvalue weighted by molar-refractivity contribution is 5.37. The van der Waals surface area contributed by atoms with E-state index in [9.17, 15) is 0 Å². The Bertz CT molecular complexity index is 582. The summed E-state index contributed by atoms with van der Waals surface area (Å²) in [6, 6.07) is 2.02. The van der Waals surface area contributed by atoms with Crippen molar-refractivity contribution >= 4 is 5.82 Å². The second-order valence-corrected chi connectivity index (χ2v) is 5.34. The Hall–Kier alpha value is -1.99. The van der Waals surface area contributed by atoms with Crippen molar-refractivity contribution in [3.05, 3.63) is 35.8 Å². The summed E-state index contributed by atoms with van der Waals surface area (Å²) in [5, 5.41) is 3.35. The van der Waals surface area contributed by atoms with Gasteiger partial charge in [-0.15, -0.1) is 0 Å². The highest BCUT2D eigenvalue weighted by Gasteiger charge is 2.20. The topological polar surface area (TPSA) is 85.0 Å². The van der Waals surface area contributed by atoms with E-state index in [1.165, 1.54) is 0 Å². The van der Waals surface area contributed by atoms with Gasteiger partial charge in [-0.2, -0.15) is 0 Å². The van der Waals surface area contributed by atoms with Crippen LogP contribution in [0.5, 0.6) is 0 Å². The summed E-state index contributed by atoms with van der Waals surface area (Å²) in [5.74, 6) is 1.89. The van der Waals surface area contributed by atoms with Gasteiger partial charge in [0.2, 0.25) is 0 Å². The lowest BCUT2D eigenvalue weighted by Crippen LogP contribution is -2.12. The Balaban J connectivity index is 1.68. The summed E-state index contributed by atoms with van der Waals surface area (Å²) in [7, 11) is 1.65. The number of ether oxygens (including phenoxy) is 2. The maximum atomic E-state index is 5.46. The minimum absolute atomic E-state index is 0.353. The number of nitrogens with one attached hydrogen (secondary N) is 2. The van der Waals surface area contributed by atoms with Crippen LogP contribution in [0.15, 0.2) is 18.6 Å². The number of H-pyrrole nitrogens is 1. The lowest BCUT2D eigenvalue weighted by molar-refractivity contribution is 0.177. The van der Waals surface area contributed by atoms with Gasteiger partial charge in [0, 0.05) is 50.6 Å². The van der Waals surface area contributed by atoms with Gasteiger partial charge in [-0.05, 0) is 6.42 Å². The number of hydrogen-bond donors (Lipinski definition) is 2. The standard InChI is InChI=1S/C15H21N5O2/c1-21-9-15-19-13(11-3-5-22-8-11)6-14(20-15)17-4-2-12-7-16-10-18-12/h6-7,10-11H,2-5,8-9H2,1H3,(H,16,18)(H,17,19,20)/t11-/m0/s1. The molecule has 1 fully saturated rings. The number of methoxy groups -OCH3 is 1. The molecule has 118 valence electrons. The number of aromatic nitrogens is 4. The van der Waals surface area contributed by atoms with E-state index in [1.54, 1.807) is 13.4 Å². The molecule has 1 atom stereocenters. The Labute approximate surface area is 129 Å². The first-order chi connectivity index (χ1) is 10.8. The third-order valence-electron chi connectivity index (χ3n) is 3.67. The normalized spacial score (nSPS) is 17.8. The number of rotatable bonds is 7. The quantitative estimate of drug-likeness (QED) is 0.806. The lowest BCUT2D eigenvalue weighted by atomic mass is 10.0. The molecule has 0 spiro atoms.